The Morgan fingerprint density at radius 3 is 2.57 bits per heavy atom. The Kier molecular flexibility index (Phi) is 5.77. The van der Waals surface area contributed by atoms with E-state index < -0.39 is 5.60 Å². The highest BCUT2D eigenvalue weighted by molar-refractivity contribution is 5.97. The van der Waals surface area contributed by atoms with Gasteiger partial charge in [-0.1, -0.05) is 30.3 Å². The van der Waals surface area contributed by atoms with Crippen molar-refractivity contribution in [2.45, 2.75) is 45.3 Å². The normalized spacial score (nSPS) is 18.6. The molecule has 1 saturated heterocycles. The number of likely N-dealkylation sites (tertiary alicyclic amines) is 1. The summed E-state index contributed by atoms with van der Waals surface area (Å²) in [6, 6.07) is 9.09. The molecule has 0 aliphatic carbocycles. The Labute approximate surface area is 137 Å². The van der Waals surface area contributed by atoms with Gasteiger partial charge in [-0.05, 0) is 33.6 Å². The van der Waals surface area contributed by atoms with E-state index in [1.807, 2.05) is 39.0 Å². The molecule has 1 aromatic carbocycles. The number of carbonyl (C=O) groups excluding carboxylic acids is 2. The first-order valence-electron chi connectivity index (χ1n) is 8.03. The lowest BCUT2D eigenvalue weighted by Crippen LogP contribution is -2.45. The second kappa shape index (κ2) is 7.59. The first-order valence-corrected chi connectivity index (χ1v) is 8.03. The van der Waals surface area contributed by atoms with Gasteiger partial charge in [-0.2, -0.15) is 0 Å². The Balaban J connectivity index is 1.82. The van der Waals surface area contributed by atoms with Crippen molar-refractivity contribution >= 4 is 11.9 Å². The van der Waals surface area contributed by atoms with Crippen molar-refractivity contribution in [3.8, 4) is 0 Å². The van der Waals surface area contributed by atoms with Gasteiger partial charge in [0.05, 0.1) is 12.6 Å². The van der Waals surface area contributed by atoms with Crippen molar-refractivity contribution in [2.75, 3.05) is 19.7 Å². The first kappa shape index (κ1) is 17.5. The van der Waals surface area contributed by atoms with Gasteiger partial charge in [-0.15, -0.1) is 0 Å². The molecule has 1 aliphatic heterocycles. The number of ketones is 1. The van der Waals surface area contributed by atoms with Crippen LogP contribution in [0.15, 0.2) is 30.3 Å². The fraction of sp³-hybridized carbons (Fsp3) is 0.556. The quantitative estimate of drug-likeness (QED) is 0.799. The third kappa shape index (κ3) is 5.67. The van der Waals surface area contributed by atoms with Crippen molar-refractivity contribution in [3.63, 3.8) is 0 Å². The molecule has 0 bridgehead atoms. The van der Waals surface area contributed by atoms with Crippen LogP contribution >= 0.6 is 0 Å². The van der Waals surface area contributed by atoms with Crippen molar-refractivity contribution < 1.29 is 19.1 Å². The molecule has 0 unspecified atom stereocenters. The van der Waals surface area contributed by atoms with Gasteiger partial charge < -0.3 is 14.4 Å². The molecule has 1 fully saturated rings. The van der Waals surface area contributed by atoms with Crippen LogP contribution in [0.25, 0.3) is 0 Å². The van der Waals surface area contributed by atoms with Crippen LogP contribution < -0.4 is 0 Å². The summed E-state index contributed by atoms with van der Waals surface area (Å²) in [7, 11) is 0. The third-order valence-electron chi connectivity index (χ3n) is 3.58. The predicted molar refractivity (Wildman–Crippen MR) is 87.6 cm³/mol. The molecule has 2 rings (SSSR count). The summed E-state index contributed by atoms with van der Waals surface area (Å²) >= 11 is 0. The van der Waals surface area contributed by atoms with E-state index in [2.05, 4.69) is 0 Å². The monoisotopic (exact) mass is 319 g/mol. The molecule has 1 aliphatic rings. The summed E-state index contributed by atoms with van der Waals surface area (Å²) < 4.78 is 11.1. The van der Waals surface area contributed by atoms with Crippen LogP contribution in [0.1, 0.15) is 44.0 Å². The number of piperidine rings is 1. The van der Waals surface area contributed by atoms with Gasteiger partial charge in [0, 0.05) is 12.1 Å². The molecule has 0 spiro atoms. The predicted octanol–water partition coefficient (Wildman–Crippen LogP) is 3.29. The Bertz CT molecular complexity index is 536. The minimum atomic E-state index is -0.506. The van der Waals surface area contributed by atoms with Gasteiger partial charge in [-0.25, -0.2) is 4.79 Å². The molecular weight excluding hydrogens is 294 g/mol. The van der Waals surface area contributed by atoms with Gasteiger partial charge in [0.15, 0.2) is 5.78 Å². The minimum Gasteiger partial charge on any atom is -0.444 e. The zero-order valence-electron chi connectivity index (χ0n) is 14.1. The maximum Gasteiger partial charge on any atom is 0.410 e. The smallest absolute Gasteiger partial charge is 0.410 e. The van der Waals surface area contributed by atoms with Crippen molar-refractivity contribution in [2.24, 2.45) is 0 Å². The number of hydrogen-bond donors (Lipinski definition) is 0. The van der Waals surface area contributed by atoms with Crippen LogP contribution in [0.3, 0.4) is 0 Å². The van der Waals surface area contributed by atoms with E-state index in [9.17, 15) is 9.59 Å². The second-order valence-corrected chi connectivity index (χ2v) is 6.79. The number of nitrogens with zero attached hydrogens (tertiary/aromatic N) is 1. The summed E-state index contributed by atoms with van der Waals surface area (Å²) in [6.45, 7) is 6.72. The molecule has 5 heteroatoms. The zero-order chi connectivity index (χ0) is 16.9. The maximum absolute atomic E-state index is 12.1. The van der Waals surface area contributed by atoms with Crippen molar-refractivity contribution in [1.82, 2.24) is 4.90 Å². The Hall–Kier alpha value is -1.88. The average molecular weight is 319 g/mol. The number of Topliss-reactive ketones (excluding diaryl/α,β-unsaturated/α-hetero) is 1. The van der Waals surface area contributed by atoms with Crippen LogP contribution in [0.2, 0.25) is 0 Å². The molecular formula is C18H25NO4. The van der Waals surface area contributed by atoms with Gasteiger partial charge in [0.1, 0.15) is 12.2 Å². The summed E-state index contributed by atoms with van der Waals surface area (Å²) in [5, 5.41) is 0. The molecule has 1 heterocycles. The standard InChI is InChI=1S/C18H25NO4/c1-18(2,3)23-17(21)19-11-7-10-15(12-19)22-13-16(20)14-8-5-4-6-9-14/h4-6,8-9,15H,7,10-13H2,1-3H3/t15-/m1/s1. The summed E-state index contributed by atoms with van der Waals surface area (Å²) in [5.41, 5.74) is 0.140. The van der Waals surface area contributed by atoms with E-state index in [4.69, 9.17) is 9.47 Å². The molecule has 1 amide bonds. The fourth-order valence-corrected chi connectivity index (χ4v) is 2.47. The Morgan fingerprint density at radius 1 is 1.22 bits per heavy atom. The molecule has 0 aromatic heterocycles. The molecule has 0 N–H and O–H groups in total. The third-order valence-corrected chi connectivity index (χ3v) is 3.58. The molecule has 5 nitrogen and oxygen atoms in total. The molecule has 0 radical (unpaired) electrons. The van der Waals surface area contributed by atoms with E-state index in [1.165, 1.54) is 0 Å². The number of rotatable bonds is 4. The largest absolute Gasteiger partial charge is 0.444 e. The van der Waals surface area contributed by atoms with Crippen molar-refractivity contribution in [1.29, 1.82) is 0 Å². The number of ether oxygens (including phenoxy) is 2. The zero-order valence-corrected chi connectivity index (χ0v) is 14.1. The number of carbonyl (C=O) groups is 2. The average Bonchev–Trinajstić information content (AvgIpc) is 2.52. The van der Waals surface area contributed by atoms with E-state index >= 15 is 0 Å². The molecule has 23 heavy (non-hydrogen) atoms. The van der Waals surface area contributed by atoms with Crippen LogP contribution in [0.4, 0.5) is 4.79 Å². The SMILES string of the molecule is CC(C)(C)OC(=O)N1CCC[C@@H](OCC(=O)c2ccccc2)C1. The van der Waals surface area contributed by atoms with E-state index in [1.54, 1.807) is 17.0 Å². The van der Waals surface area contributed by atoms with Gasteiger partial charge in [0.2, 0.25) is 0 Å². The van der Waals surface area contributed by atoms with E-state index in [0.717, 1.165) is 12.8 Å². The van der Waals surface area contributed by atoms with Gasteiger partial charge >= 0.3 is 6.09 Å². The van der Waals surface area contributed by atoms with Crippen LogP contribution in [0.5, 0.6) is 0 Å². The fourth-order valence-electron chi connectivity index (χ4n) is 2.47. The van der Waals surface area contributed by atoms with Crippen LogP contribution in [0, 0.1) is 0 Å². The highest BCUT2D eigenvalue weighted by Gasteiger charge is 2.28. The number of amides is 1. The lowest BCUT2D eigenvalue weighted by molar-refractivity contribution is -0.0163. The van der Waals surface area contributed by atoms with Crippen LogP contribution in [-0.4, -0.2) is 48.2 Å². The lowest BCUT2D eigenvalue weighted by atomic mass is 10.1. The minimum absolute atomic E-state index is 0.0385. The van der Waals surface area contributed by atoms with E-state index in [0.29, 0.717) is 18.7 Å². The van der Waals surface area contributed by atoms with Gasteiger partial charge in [-0.3, -0.25) is 4.79 Å². The highest BCUT2D eigenvalue weighted by atomic mass is 16.6. The highest BCUT2D eigenvalue weighted by Crippen LogP contribution is 2.17. The first-order chi connectivity index (χ1) is 10.8. The second-order valence-electron chi connectivity index (χ2n) is 6.79. The molecule has 1 atom stereocenters. The molecule has 1 aromatic rings. The number of hydrogen-bond acceptors (Lipinski definition) is 4. The topological polar surface area (TPSA) is 55.8 Å². The summed E-state index contributed by atoms with van der Waals surface area (Å²) in [4.78, 5) is 25.8. The summed E-state index contributed by atoms with van der Waals surface area (Å²) in [5.74, 6) is -0.0417. The number of benzene rings is 1. The van der Waals surface area contributed by atoms with Crippen molar-refractivity contribution in [3.05, 3.63) is 35.9 Å². The lowest BCUT2D eigenvalue weighted by Gasteiger charge is -2.33. The van der Waals surface area contributed by atoms with Crippen LogP contribution in [-0.2, 0) is 9.47 Å². The molecule has 0 saturated carbocycles. The Morgan fingerprint density at radius 2 is 1.91 bits per heavy atom. The molecule has 126 valence electrons. The van der Waals surface area contributed by atoms with E-state index in [-0.39, 0.29) is 24.6 Å². The maximum atomic E-state index is 12.1. The summed E-state index contributed by atoms with van der Waals surface area (Å²) in [6.07, 6.45) is 1.26. The van der Waals surface area contributed by atoms with Gasteiger partial charge in [0.25, 0.3) is 0 Å².